The third kappa shape index (κ3) is 5.07. The molecule has 32 heavy (non-hydrogen) atoms. The Morgan fingerprint density at radius 2 is 2.03 bits per heavy atom. The maximum absolute atomic E-state index is 14.0. The summed E-state index contributed by atoms with van der Waals surface area (Å²) in [4.78, 5) is 15.2. The number of aromatic nitrogens is 3. The molecule has 2 aromatic heterocycles. The van der Waals surface area contributed by atoms with Gasteiger partial charge in [-0.2, -0.15) is 0 Å². The normalized spacial score (nSPS) is 18.8. The summed E-state index contributed by atoms with van der Waals surface area (Å²) < 4.78 is 14.0. The predicted molar refractivity (Wildman–Crippen MR) is 129 cm³/mol. The van der Waals surface area contributed by atoms with Crippen molar-refractivity contribution in [3.63, 3.8) is 0 Å². The fourth-order valence-corrected chi connectivity index (χ4v) is 5.52. The van der Waals surface area contributed by atoms with Crippen LogP contribution in [0.5, 0.6) is 0 Å². The van der Waals surface area contributed by atoms with Gasteiger partial charge in [-0.1, -0.05) is 30.7 Å². The summed E-state index contributed by atoms with van der Waals surface area (Å²) >= 11 is 1.69. The minimum atomic E-state index is -0.247. The lowest BCUT2D eigenvalue weighted by Crippen LogP contribution is -2.05. The SMILES string of the molecule is CCC1=CCCC(Cc2nc(-c3cccc(F)c3)c(-c3ccnc(NC4CC4)n3)s2)CC1. The Balaban J connectivity index is 1.46. The summed E-state index contributed by atoms with van der Waals surface area (Å²) in [7, 11) is 0. The van der Waals surface area contributed by atoms with Gasteiger partial charge in [0, 0.05) is 24.2 Å². The average molecular weight is 449 g/mol. The molecule has 0 saturated heterocycles. The Morgan fingerprint density at radius 3 is 2.84 bits per heavy atom. The van der Waals surface area contributed by atoms with E-state index in [1.54, 1.807) is 35.2 Å². The number of nitrogens with one attached hydrogen (secondary N) is 1. The highest BCUT2D eigenvalue weighted by Crippen LogP contribution is 2.38. The fraction of sp³-hybridized carbons (Fsp3) is 0.423. The maximum Gasteiger partial charge on any atom is 0.223 e. The summed E-state index contributed by atoms with van der Waals surface area (Å²) in [6.07, 6.45) is 13.5. The molecule has 3 aromatic rings. The molecular formula is C26H29FN4S. The van der Waals surface area contributed by atoms with Gasteiger partial charge in [-0.05, 0) is 69.1 Å². The molecule has 2 heterocycles. The Morgan fingerprint density at radius 1 is 1.12 bits per heavy atom. The molecule has 1 atom stereocenters. The third-order valence-corrected chi connectivity index (χ3v) is 7.47. The number of anilines is 1. The van der Waals surface area contributed by atoms with Gasteiger partial charge >= 0.3 is 0 Å². The number of benzene rings is 1. The van der Waals surface area contributed by atoms with Gasteiger partial charge in [0.1, 0.15) is 5.82 Å². The molecule has 0 amide bonds. The first-order valence-corrected chi connectivity index (χ1v) is 12.5. The minimum Gasteiger partial charge on any atom is -0.351 e. The van der Waals surface area contributed by atoms with E-state index in [-0.39, 0.29) is 5.82 Å². The zero-order valence-corrected chi connectivity index (χ0v) is 19.3. The number of thiazole rings is 1. The Hall–Kier alpha value is -2.60. The molecular weight excluding hydrogens is 419 g/mol. The molecule has 1 fully saturated rings. The second-order valence-electron chi connectivity index (χ2n) is 8.88. The summed E-state index contributed by atoms with van der Waals surface area (Å²) in [5.74, 6) is 1.04. The highest BCUT2D eigenvalue weighted by atomic mass is 32.1. The van der Waals surface area contributed by atoms with E-state index in [0.29, 0.717) is 17.9 Å². The largest absolute Gasteiger partial charge is 0.351 e. The van der Waals surface area contributed by atoms with Crippen LogP contribution in [0.3, 0.4) is 0 Å². The highest BCUT2D eigenvalue weighted by molar-refractivity contribution is 7.15. The predicted octanol–water partition coefficient (Wildman–Crippen LogP) is 7.05. The number of halogens is 1. The van der Waals surface area contributed by atoms with Crippen LogP contribution < -0.4 is 5.32 Å². The first kappa shape index (κ1) is 21.3. The van der Waals surface area contributed by atoms with Crippen molar-refractivity contribution in [1.29, 1.82) is 0 Å². The van der Waals surface area contributed by atoms with Crippen LogP contribution in [0.15, 0.2) is 48.2 Å². The smallest absolute Gasteiger partial charge is 0.223 e. The van der Waals surface area contributed by atoms with Crippen LogP contribution in [0, 0.1) is 11.7 Å². The van der Waals surface area contributed by atoms with Crippen molar-refractivity contribution in [3.05, 3.63) is 59.0 Å². The molecule has 6 heteroatoms. The van der Waals surface area contributed by atoms with E-state index in [0.717, 1.165) is 46.1 Å². The van der Waals surface area contributed by atoms with E-state index < -0.39 is 0 Å². The van der Waals surface area contributed by atoms with Crippen molar-refractivity contribution in [2.45, 2.75) is 64.3 Å². The van der Waals surface area contributed by atoms with Gasteiger partial charge in [0.25, 0.3) is 0 Å². The Bertz CT molecular complexity index is 1120. The zero-order chi connectivity index (χ0) is 21.9. The quantitative estimate of drug-likeness (QED) is 0.394. The van der Waals surface area contributed by atoms with Crippen molar-refractivity contribution in [2.24, 2.45) is 5.92 Å². The number of nitrogens with zero attached hydrogens (tertiary/aromatic N) is 3. The molecule has 4 nitrogen and oxygen atoms in total. The molecule has 5 rings (SSSR count). The molecule has 166 valence electrons. The minimum absolute atomic E-state index is 0.247. The van der Waals surface area contributed by atoms with Gasteiger partial charge in [-0.3, -0.25) is 0 Å². The first-order chi connectivity index (χ1) is 15.7. The topological polar surface area (TPSA) is 50.7 Å². The molecule has 0 spiro atoms. The van der Waals surface area contributed by atoms with Crippen molar-refractivity contribution >= 4 is 17.3 Å². The lowest BCUT2D eigenvalue weighted by atomic mass is 9.95. The van der Waals surface area contributed by atoms with Crippen LogP contribution in [-0.2, 0) is 6.42 Å². The van der Waals surface area contributed by atoms with E-state index in [1.165, 1.54) is 38.2 Å². The average Bonchev–Trinajstić information content (AvgIpc) is 3.56. The maximum atomic E-state index is 14.0. The highest BCUT2D eigenvalue weighted by Gasteiger charge is 2.23. The molecule has 1 saturated carbocycles. The van der Waals surface area contributed by atoms with Crippen LogP contribution in [0.25, 0.3) is 21.8 Å². The summed E-state index contributed by atoms with van der Waals surface area (Å²) in [6, 6.07) is 9.14. The van der Waals surface area contributed by atoms with Crippen molar-refractivity contribution < 1.29 is 4.39 Å². The van der Waals surface area contributed by atoms with Gasteiger partial charge in [0.15, 0.2) is 0 Å². The summed E-state index contributed by atoms with van der Waals surface area (Å²) in [5.41, 5.74) is 4.06. The van der Waals surface area contributed by atoms with Crippen LogP contribution in [-0.4, -0.2) is 21.0 Å². The summed E-state index contributed by atoms with van der Waals surface area (Å²) in [6.45, 7) is 2.25. The molecule has 0 radical (unpaired) electrons. The van der Waals surface area contributed by atoms with Crippen molar-refractivity contribution in [1.82, 2.24) is 15.0 Å². The number of allylic oxidation sites excluding steroid dienone is 2. The van der Waals surface area contributed by atoms with Crippen LogP contribution >= 0.6 is 11.3 Å². The second-order valence-corrected chi connectivity index (χ2v) is 9.97. The lowest BCUT2D eigenvalue weighted by Gasteiger charge is -2.12. The van der Waals surface area contributed by atoms with E-state index in [4.69, 9.17) is 9.97 Å². The van der Waals surface area contributed by atoms with Gasteiger partial charge in [0.05, 0.1) is 21.3 Å². The summed E-state index contributed by atoms with van der Waals surface area (Å²) in [5, 5.41) is 4.49. The molecule has 1 N–H and O–H groups in total. The lowest BCUT2D eigenvalue weighted by molar-refractivity contribution is 0.461. The van der Waals surface area contributed by atoms with Crippen LogP contribution in [0.4, 0.5) is 10.3 Å². The van der Waals surface area contributed by atoms with Crippen LogP contribution in [0.1, 0.15) is 56.9 Å². The second kappa shape index (κ2) is 9.49. The molecule has 0 bridgehead atoms. The van der Waals surface area contributed by atoms with E-state index in [1.807, 2.05) is 12.1 Å². The number of hydrogen-bond donors (Lipinski definition) is 1. The molecule has 2 aliphatic rings. The molecule has 2 aliphatic carbocycles. The van der Waals surface area contributed by atoms with Crippen molar-refractivity contribution in [2.75, 3.05) is 5.32 Å². The Kier molecular flexibility index (Phi) is 6.30. The van der Waals surface area contributed by atoms with Gasteiger partial charge in [-0.25, -0.2) is 19.3 Å². The number of rotatable bonds is 7. The standard InChI is InChI=1S/C26H29FN4S/c1-2-17-5-3-6-18(10-9-17)15-23-31-24(19-7-4-8-20(27)16-19)25(32-23)22-13-14-28-26(30-22)29-21-11-12-21/h4-5,7-8,13-14,16,18,21H,2-3,6,9-12,15H2,1H3,(H,28,29,30). The van der Waals surface area contributed by atoms with E-state index in [9.17, 15) is 4.39 Å². The van der Waals surface area contributed by atoms with Gasteiger partial charge in [0.2, 0.25) is 5.95 Å². The molecule has 0 aliphatic heterocycles. The van der Waals surface area contributed by atoms with Crippen molar-refractivity contribution in [3.8, 4) is 21.8 Å². The van der Waals surface area contributed by atoms with E-state index >= 15 is 0 Å². The fourth-order valence-electron chi connectivity index (χ4n) is 4.35. The van der Waals surface area contributed by atoms with Gasteiger partial charge in [-0.15, -0.1) is 11.3 Å². The monoisotopic (exact) mass is 448 g/mol. The first-order valence-electron chi connectivity index (χ1n) is 11.7. The van der Waals surface area contributed by atoms with Crippen LogP contribution in [0.2, 0.25) is 0 Å². The third-order valence-electron chi connectivity index (χ3n) is 6.37. The molecule has 1 unspecified atom stereocenters. The molecule has 1 aromatic carbocycles. The zero-order valence-electron chi connectivity index (χ0n) is 18.5. The van der Waals surface area contributed by atoms with E-state index in [2.05, 4.69) is 23.3 Å². The number of hydrogen-bond acceptors (Lipinski definition) is 5. The van der Waals surface area contributed by atoms with Gasteiger partial charge < -0.3 is 5.32 Å². The Labute approximate surface area is 193 Å².